The molecule has 16 heavy (non-hydrogen) atoms. The van der Waals surface area contributed by atoms with Crippen LogP contribution in [0.15, 0.2) is 35.1 Å². The lowest BCUT2D eigenvalue weighted by atomic mass is 10.1. The molecule has 0 unspecified atom stereocenters. The van der Waals surface area contributed by atoms with Crippen molar-refractivity contribution in [1.82, 2.24) is 4.57 Å². The maximum absolute atomic E-state index is 12.0. The molecule has 0 amide bonds. The summed E-state index contributed by atoms with van der Waals surface area (Å²) in [4.78, 5) is 12.0. The third-order valence-corrected chi connectivity index (χ3v) is 2.58. The first-order chi connectivity index (χ1) is 7.65. The molecule has 0 N–H and O–H groups in total. The fourth-order valence-corrected chi connectivity index (χ4v) is 1.88. The minimum absolute atomic E-state index is 0.0469. The number of benzene rings is 1. The molecule has 1 heterocycles. The molecule has 3 heteroatoms. The summed E-state index contributed by atoms with van der Waals surface area (Å²) in [6, 6.07) is 11.3. The highest BCUT2D eigenvalue weighted by Gasteiger charge is 2.10. The highest BCUT2D eigenvalue weighted by Crippen LogP contribution is 2.16. The van der Waals surface area contributed by atoms with Gasteiger partial charge in [0.25, 0.3) is 5.56 Å². The Bertz CT molecular complexity index is 632. The number of hydrogen-bond donors (Lipinski definition) is 0. The first-order valence-corrected chi connectivity index (χ1v) is 5.19. The molecule has 3 nitrogen and oxygen atoms in total. The Morgan fingerprint density at radius 2 is 2.00 bits per heavy atom. The molecule has 0 aliphatic rings. The van der Waals surface area contributed by atoms with E-state index in [1.807, 2.05) is 44.2 Å². The number of nitrogens with zero attached hydrogens (tertiary/aromatic N) is 2. The van der Waals surface area contributed by atoms with Gasteiger partial charge in [0.1, 0.15) is 11.6 Å². The molecule has 2 aromatic rings. The quantitative estimate of drug-likeness (QED) is 0.728. The average Bonchev–Trinajstić information content (AvgIpc) is 2.27. The largest absolute Gasteiger partial charge is 0.305 e. The van der Waals surface area contributed by atoms with Gasteiger partial charge in [-0.2, -0.15) is 5.26 Å². The maximum atomic E-state index is 12.0. The molecule has 0 atom stereocenters. The van der Waals surface area contributed by atoms with Crippen molar-refractivity contribution in [2.45, 2.75) is 19.9 Å². The number of fused-ring (bicyclic) bond motifs is 1. The summed E-state index contributed by atoms with van der Waals surface area (Å²) in [6.07, 6.45) is 0. The normalized spacial score (nSPS) is 10.6. The number of pyridine rings is 1. The second-order valence-corrected chi connectivity index (χ2v) is 4.00. The number of aromatic nitrogens is 1. The van der Waals surface area contributed by atoms with Crippen molar-refractivity contribution in [3.05, 3.63) is 46.2 Å². The smallest absolute Gasteiger partial charge is 0.269 e. The zero-order chi connectivity index (χ0) is 11.7. The molecule has 0 aliphatic carbocycles. The molecule has 2 rings (SSSR count). The third-order valence-electron chi connectivity index (χ3n) is 2.58. The van der Waals surface area contributed by atoms with Gasteiger partial charge in [-0.3, -0.25) is 4.79 Å². The Morgan fingerprint density at radius 3 is 2.62 bits per heavy atom. The monoisotopic (exact) mass is 212 g/mol. The third kappa shape index (κ3) is 1.49. The van der Waals surface area contributed by atoms with Crippen molar-refractivity contribution in [3.8, 4) is 6.07 Å². The molecule has 0 aliphatic heterocycles. The van der Waals surface area contributed by atoms with E-state index in [0.29, 0.717) is 0 Å². The van der Waals surface area contributed by atoms with E-state index < -0.39 is 0 Å². The lowest BCUT2D eigenvalue weighted by Gasteiger charge is -2.14. The van der Waals surface area contributed by atoms with Crippen molar-refractivity contribution in [3.63, 3.8) is 0 Å². The van der Waals surface area contributed by atoms with Gasteiger partial charge >= 0.3 is 0 Å². The molecule has 0 fully saturated rings. The van der Waals surface area contributed by atoms with E-state index in [0.717, 1.165) is 10.9 Å². The second kappa shape index (κ2) is 3.82. The zero-order valence-electron chi connectivity index (χ0n) is 9.27. The summed E-state index contributed by atoms with van der Waals surface area (Å²) in [7, 11) is 0. The van der Waals surface area contributed by atoms with E-state index in [9.17, 15) is 4.79 Å². The molecule has 1 aromatic heterocycles. The molecular formula is C13H12N2O. The van der Waals surface area contributed by atoms with Crippen LogP contribution in [-0.4, -0.2) is 4.57 Å². The zero-order valence-corrected chi connectivity index (χ0v) is 9.27. The van der Waals surface area contributed by atoms with Crippen LogP contribution >= 0.6 is 0 Å². The molecule has 0 saturated heterocycles. The molecule has 0 bridgehead atoms. The Hall–Kier alpha value is -2.08. The first-order valence-electron chi connectivity index (χ1n) is 5.19. The topological polar surface area (TPSA) is 45.8 Å². The Balaban J connectivity index is 2.98. The number of hydrogen-bond acceptors (Lipinski definition) is 2. The van der Waals surface area contributed by atoms with Gasteiger partial charge in [0, 0.05) is 6.04 Å². The highest BCUT2D eigenvalue weighted by molar-refractivity contribution is 5.80. The van der Waals surface area contributed by atoms with Crippen molar-refractivity contribution < 1.29 is 0 Å². The van der Waals surface area contributed by atoms with Crippen LogP contribution in [0.1, 0.15) is 25.5 Å². The lowest BCUT2D eigenvalue weighted by Crippen LogP contribution is -2.24. The van der Waals surface area contributed by atoms with Crippen molar-refractivity contribution in [2.75, 3.05) is 0 Å². The summed E-state index contributed by atoms with van der Waals surface area (Å²) in [6.45, 7) is 3.88. The van der Waals surface area contributed by atoms with E-state index >= 15 is 0 Å². The number of rotatable bonds is 1. The molecule has 80 valence electrons. The van der Waals surface area contributed by atoms with Gasteiger partial charge in [0.2, 0.25) is 0 Å². The van der Waals surface area contributed by atoms with Gasteiger partial charge in [0.05, 0.1) is 5.52 Å². The molecular weight excluding hydrogens is 200 g/mol. The maximum Gasteiger partial charge on any atom is 0.269 e. The summed E-state index contributed by atoms with van der Waals surface area (Å²) >= 11 is 0. The van der Waals surface area contributed by atoms with Crippen LogP contribution in [0.5, 0.6) is 0 Å². The lowest BCUT2D eigenvalue weighted by molar-refractivity contribution is 0.599. The van der Waals surface area contributed by atoms with Crippen LogP contribution in [0.2, 0.25) is 0 Å². The first kappa shape index (κ1) is 10.4. The van der Waals surface area contributed by atoms with Gasteiger partial charge in [-0.15, -0.1) is 0 Å². The fourth-order valence-electron chi connectivity index (χ4n) is 1.88. The van der Waals surface area contributed by atoms with Crippen molar-refractivity contribution in [1.29, 1.82) is 5.26 Å². The van der Waals surface area contributed by atoms with Gasteiger partial charge in [-0.25, -0.2) is 0 Å². The van der Waals surface area contributed by atoms with E-state index in [1.54, 1.807) is 10.6 Å². The minimum Gasteiger partial charge on any atom is -0.305 e. The number of nitriles is 1. The Kier molecular flexibility index (Phi) is 2.49. The summed E-state index contributed by atoms with van der Waals surface area (Å²) in [5.41, 5.74) is 0.866. The predicted molar refractivity (Wildman–Crippen MR) is 63.3 cm³/mol. The SMILES string of the molecule is CC(C)n1c(=O)c(C#N)cc2ccccc21. The van der Waals surface area contributed by atoms with Crippen LogP contribution in [0.3, 0.4) is 0 Å². The fraction of sp³-hybridized carbons (Fsp3) is 0.231. The van der Waals surface area contributed by atoms with Gasteiger partial charge < -0.3 is 4.57 Å². The Morgan fingerprint density at radius 1 is 1.31 bits per heavy atom. The average molecular weight is 212 g/mol. The predicted octanol–water partition coefficient (Wildman–Crippen LogP) is 2.45. The molecule has 1 aromatic carbocycles. The van der Waals surface area contributed by atoms with Crippen LogP contribution in [-0.2, 0) is 0 Å². The van der Waals surface area contributed by atoms with Gasteiger partial charge in [-0.05, 0) is 31.4 Å². The van der Waals surface area contributed by atoms with E-state index in [4.69, 9.17) is 5.26 Å². The van der Waals surface area contributed by atoms with Gasteiger partial charge in [0.15, 0.2) is 0 Å². The van der Waals surface area contributed by atoms with Crippen LogP contribution in [0, 0.1) is 11.3 Å². The summed E-state index contributed by atoms with van der Waals surface area (Å²) in [5.74, 6) is 0. The number of para-hydroxylation sites is 1. The minimum atomic E-state index is -0.212. The molecule has 0 spiro atoms. The van der Waals surface area contributed by atoms with Crippen LogP contribution < -0.4 is 5.56 Å². The van der Waals surface area contributed by atoms with Crippen molar-refractivity contribution >= 4 is 10.9 Å². The van der Waals surface area contributed by atoms with E-state index in [-0.39, 0.29) is 17.2 Å². The van der Waals surface area contributed by atoms with E-state index in [2.05, 4.69) is 0 Å². The molecule has 0 saturated carbocycles. The summed E-state index contributed by atoms with van der Waals surface area (Å²) in [5, 5.41) is 9.84. The summed E-state index contributed by atoms with van der Waals surface area (Å²) < 4.78 is 1.66. The Labute approximate surface area is 93.6 Å². The van der Waals surface area contributed by atoms with Crippen molar-refractivity contribution in [2.24, 2.45) is 0 Å². The second-order valence-electron chi connectivity index (χ2n) is 4.00. The van der Waals surface area contributed by atoms with Crippen LogP contribution in [0.25, 0.3) is 10.9 Å². The molecule has 0 radical (unpaired) electrons. The van der Waals surface area contributed by atoms with Crippen LogP contribution in [0.4, 0.5) is 0 Å². The highest BCUT2D eigenvalue weighted by atomic mass is 16.1. The standard InChI is InChI=1S/C13H12N2O/c1-9(2)15-12-6-4-3-5-10(12)7-11(8-14)13(15)16/h3-7,9H,1-2H3. The van der Waals surface area contributed by atoms with Gasteiger partial charge in [-0.1, -0.05) is 18.2 Å². The van der Waals surface area contributed by atoms with E-state index in [1.165, 1.54) is 0 Å².